The molecule has 1 aliphatic heterocycles. The minimum absolute atomic E-state index is 0.203. The summed E-state index contributed by atoms with van der Waals surface area (Å²) < 4.78 is 4.80. The largest absolute Gasteiger partial charge is 0.465 e. The summed E-state index contributed by atoms with van der Waals surface area (Å²) in [6.07, 6.45) is 0.406. The van der Waals surface area contributed by atoms with Crippen LogP contribution in [0.4, 0.5) is 10.7 Å². The zero-order chi connectivity index (χ0) is 19.7. The molecule has 1 aromatic carbocycles. The Morgan fingerprint density at radius 1 is 1.07 bits per heavy atom. The Balaban J connectivity index is 1.82. The van der Waals surface area contributed by atoms with E-state index in [-0.39, 0.29) is 24.7 Å². The van der Waals surface area contributed by atoms with Crippen molar-refractivity contribution in [2.24, 2.45) is 0 Å². The Labute approximate surface area is 159 Å². The highest BCUT2D eigenvalue weighted by atomic mass is 32.1. The van der Waals surface area contributed by atoms with Gasteiger partial charge in [-0.05, 0) is 43.7 Å². The Morgan fingerprint density at radius 2 is 1.67 bits per heavy atom. The van der Waals surface area contributed by atoms with Crippen LogP contribution in [0.15, 0.2) is 24.3 Å². The van der Waals surface area contributed by atoms with Gasteiger partial charge in [0.2, 0.25) is 11.8 Å². The second-order valence-electron chi connectivity index (χ2n) is 6.10. The smallest absolute Gasteiger partial charge is 0.341 e. The van der Waals surface area contributed by atoms with E-state index in [2.05, 4.69) is 5.32 Å². The number of rotatable bonds is 4. The lowest BCUT2D eigenvalue weighted by molar-refractivity contribution is -0.121. The van der Waals surface area contributed by atoms with Gasteiger partial charge in [-0.25, -0.2) is 4.79 Å². The molecule has 0 atom stereocenters. The van der Waals surface area contributed by atoms with E-state index in [0.29, 0.717) is 21.8 Å². The summed E-state index contributed by atoms with van der Waals surface area (Å²) in [7, 11) is 1.29. The summed E-state index contributed by atoms with van der Waals surface area (Å²) >= 11 is 1.30. The maximum absolute atomic E-state index is 12.6. The monoisotopic (exact) mass is 386 g/mol. The predicted octanol–water partition coefficient (Wildman–Crippen LogP) is 3.06. The fraction of sp³-hybridized carbons (Fsp3) is 0.263. The lowest BCUT2D eigenvalue weighted by Crippen LogP contribution is -2.28. The molecule has 1 saturated heterocycles. The number of hydrogen-bond acceptors (Lipinski definition) is 6. The van der Waals surface area contributed by atoms with Crippen LogP contribution in [0, 0.1) is 13.8 Å². The molecule has 7 nitrogen and oxygen atoms in total. The maximum atomic E-state index is 12.6. The molecule has 0 aliphatic carbocycles. The Bertz CT molecular complexity index is 930. The number of carbonyl (C=O) groups excluding carboxylic acids is 4. The van der Waals surface area contributed by atoms with Gasteiger partial charge >= 0.3 is 5.97 Å². The quantitative estimate of drug-likeness (QED) is 0.644. The van der Waals surface area contributed by atoms with Gasteiger partial charge in [-0.15, -0.1) is 11.3 Å². The number of anilines is 2. The Hall–Kier alpha value is -3.00. The molecule has 0 unspecified atom stereocenters. The van der Waals surface area contributed by atoms with Crippen LogP contribution in [0.25, 0.3) is 0 Å². The van der Waals surface area contributed by atoms with Crippen LogP contribution in [0.1, 0.15) is 44.0 Å². The average Bonchev–Trinajstić information content (AvgIpc) is 3.13. The number of methoxy groups -OCH3 is 1. The number of imide groups is 1. The molecule has 2 aromatic rings. The molecule has 3 amide bonds. The summed E-state index contributed by atoms with van der Waals surface area (Å²) in [4.78, 5) is 50.2. The number of amides is 3. The molecule has 0 saturated carbocycles. The van der Waals surface area contributed by atoms with E-state index in [1.807, 2.05) is 6.92 Å². The van der Waals surface area contributed by atoms with Gasteiger partial charge in [-0.2, -0.15) is 0 Å². The first-order valence-corrected chi connectivity index (χ1v) is 9.10. The predicted molar refractivity (Wildman–Crippen MR) is 101 cm³/mol. The molecule has 3 rings (SSSR count). The van der Waals surface area contributed by atoms with Gasteiger partial charge in [-0.1, -0.05) is 0 Å². The third kappa shape index (κ3) is 3.48. The maximum Gasteiger partial charge on any atom is 0.341 e. The Kier molecular flexibility index (Phi) is 5.09. The van der Waals surface area contributed by atoms with E-state index in [1.165, 1.54) is 30.6 Å². The molecule has 8 heteroatoms. The minimum Gasteiger partial charge on any atom is -0.465 e. The second-order valence-corrected chi connectivity index (χ2v) is 7.33. The van der Waals surface area contributed by atoms with Gasteiger partial charge < -0.3 is 10.1 Å². The first-order chi connectivity index (χ1) is 12.8. The summed E-state index contributed by atoms with van der Waals surface area (Å²) in [5.41, 5.74) is 1.90. The molecule has 1 fully saturated rings. The zero-order valence-corrected chi connectivity index (χ0v) is 15.9. The van der Waals surface area contributed by atoms with Gasteiger partial charge in [0.15, 0.2) is 0 Å². The lowest BCUT2D eigenvalue weighted by atomic mass is 10.1. The van der Waals surface area contributed by atoms with Crippen LogP contribution in [-0.2, 0) is 14.3 Å². The molecule has 140 valence electrons. The molecule has 2 heterocycles. The van der Waals surface area contributed by atoms with E-state index >= 15 is 0 Å². The van der Waals surface area contributed by atoms with Gasteiger partial charge in [0, 0.05) is 23.3 Å². The highest BCUT2D eigenvalue weighted by Crippen LogP contribution is 2.33. The topological polar surface area (TPSA) is 92.8 Å². The first kappa shape index (κ1) is 18.8. The van der Waals surface area contributed by atoms with Crippen molar-refractivity contribution in [3.8, 4) is 0 Å². The van der Waals surface area contributed by atoms with Crippen LogP contribution >= 0.6 is 11.3 Å². The Morgan fingerprint density at radius 3 is 2.22 bits per heavy atom. The van der Waals surface area contributed by atoms with E-state index in [0.717, 1.165) is 15.3 Å². The van der Waals surface area contributed by atoms with E-state index in [1.54, 1.807) is 19.1 Å². The lowest BCUT2D eigenvalue weighted by Gasteiger charge is -2.14. The van der Waals surface area contributed by atoms with Crippen molar-refractivity contribution < 1.29 is 23.9 Å². The zero-order valence-electron chi connectivity index (χ0n) is 15.1. The van der Waals surface area contributed by atoms with Crippen molar-refractivity contribution in [1.29, 1.82) is 0 Å². The molecule has 0 bridgehead atoms. The SMILES string of the molecule is COC(=O)c1c(NC(=O)c2ccc(N3C(=O)CCC3=O)cc2)sc(C)c1C. The fourth-order valence-electron chi connectivity index (χ4n) is 2.86. The van der Waals surface area contributed by atoms with Crippen LogP contribution in [0.3, 0.4) is 0 Å². The van der Waals surface area contributed by atoms with E-state index in [9.17, 15) is 19.2 Å². The molecule has 0 radical (unpaired) electrons. The van der Waals surface area contributed by atoms with Crippen molar-refractivity contribution in [3.05, 3.63) is 45.8 Å². The number of esters is 1. The normalized spacial score (nSPS) is 13.8. The number of thiophene rings is 1. The molecule has 0 spiro atoms. The van der Waals surface area contributed by atoms with Crippen LogP contribution in [-0.4, -0.2) is 30.8 Å². The second kappa shape index (κ2) is 7.32. The van der Waals surface area contributed by atoms with E-state index < -0.39 is 11.9 Å². The molecule has 1 N–H and O–H groups in total. The third-order valence-corrected chi connectivity index (χ3v) is 5.56. The highest BCUT2D eigenvalue weighted by molar-refractivity contribution is 7.16. The van der Waals surface area contributed by atoms with Gasteiger partial charge in [0.1, 0.15) is 5.00 Å². The summed E-state index contributed by atoms with van der Waals surface area (Å²) in [6, 6.07) is 6.19. The van der Waals surface area contributed by atoms with Crippen molar-refractivity contribution in [3.63, 3.8) is 0 Å². The number of benzene rings is 1. The molecule has 1 aliphatic rings. The molecular weight excluding hydrogens is 368 g/mol. The van der Waals surface area contributed by atoms with Crippen LogP contribution < -0.4 is 10.2 Å². The average molecular weight is 386 g/mol. The minimum atomic E-state index is -0.506. The highest BCUT2D eigenvalue weighted by Gasteiger charge is 2.30. The van der Waals surface area contributed by atoms with Gasteiger partial charge in [0.25, 0.3) is 5.91 Å². The molecule has 1 aromatic heterocycles. The number of ether oxygens (including phenoxy) is 1. The summed E-state index contributed by atoms with van der Waals surface area (Å²) in [5, 5.41) is 3.17. The van der Waals surface area contributed by atoms with Crippen LogP contribution in [0.5, 0.6) is 0 Å². The van der Waals surface area contributed by atoms with Crippen LogP contribution in [0.2, 0.25) is 0 Å². The fourth-order valence-corrected chi connectivity index (χ4v) is 3.91. The van der Waals surface area contributed by atoms with Gasteiger partial charge in [-0.3, -0.25) is 19.3 Å². The van der Waals surface area contributed by atoms with E-state index in [4.69, 9.17) is 4.74 Å². The standard InChI is InChI=1S/C19H18N2O5S/c1-10-11(2)27-18(16(10)19(25)26-3)20-17(24)12-4-6-13(7-5-12)21-14(22)8-9-15(21)23/h4-7H,8-9H2,1-3H3,(H,20,24). The number of aryl methyl sites for hydroxylation is 1. The summed E-state index contributed by atoms with van der Waals surface area (Å²) in [5.74, 6) is -1.39. The van der Waals surface area contributed by atoms with Gasteiger partial charge in [0.05, 0.1) is 18.4 Å². The first-order valence-electron chi connectivity index (χ1n) is 8.29. The van der Waals surface area contributed by atoms with Crippen molar-refractivity contribution >= 4 is 45.7 Å². The molecular formula is C19H18N2O5S. The van der Waals surface area contributed by atoms with Crippen molar-refractivity contribution in [1.82, 2.24) is 0 Å². The molecule has 27 heavy (non-hydrogen) atoms. The number of carbonyl (C=O) groups is 4. The number of nitrogens with zero attached hydrogens (tertiary/aromatic N) is 1. The van der Waals surface area contributed by atoms with Crippen molar-refractivity contribution in [2.75, 3.05) is 17.3 Å². The third-order valence-electron chi connectivity index (χ3n) is 4.44. The number of nitrogens with one attached hydrogen (secondary N) is 1. The summed E-state index contributed by atoms with van der Waals surface area (Å²) in [6.45, 7) is 3.66. The van der Waals surface area contributed by atoms with Crippen molar-refractivity contribution in [2.45, 2.75) is 26.7 Å². The number of hydrogen-bond donors (Lipinski definition) is 1.